The average molecular weight is 317 g/mol. The van der Waals surface area contributed by atoms with Crippen molar-refractivity contribution in [3.05, 3.63) is 71.8 Å². The maximum absolute atomic E-state index is 11.3. The molecule has 0 saturated heterocycles. The van der Waals surface area contributed by atoms with Crippen molar-refractivity contribution in [2.45, 2.75) is 25.3 Å². The molecule has 0 fully saturated rings. The summed E-state index contributed by atoms with van der Waals surface area (Å²) in [5.41, 5.74) is 1.93. The van der Waals surface area contributed by atoms with Gasteiger partial charge in [0.1, 0.15) is 12.1 Å². The first-order valence-corrected chi connectivity index (χ1v) is 7.46. The molecule has 0 aliphatic heterocycles. The molecule has 0 aliphatic carbocycles. The molecule has 0 bridgehead atoms. The summed E-state index contributed by atoms with van der Waals surface area (Å²) >= 11 is 0. The summed E-state index contributed by atoms with van der Waals surface area (Å²) in [6.07, 6.45) is -1.13. The number of hydrogen-bond donors (Lipinski definition) is 3. The largest absolute Gasteiger partial charge is 0.480 e. The molecule has 0 heterocycles. The topological polar surface area (TPSA) is 78.8 Å². The molecule has 0 unspecified atom stereocenters. The van der Waals surface area contributed by atoms with Gasteiger partial charge in [0.15, 0.2) is 0 Å². The molecule has 3 N–H and O–H groups in total. The van der Waals surface area contributed by atoms with Crippen molar-refractivity contribution in [3.63, 3.8) is 0 Å². The van der Waals surface area contributed by atoms with Gasteiger partial charge in [-0.3, -0.25) is 10.1 Å². The SMILES string of the molecule is O=C(O)[13C@@H](NCc1ccccc1)[13C@H](O)COCc1ccccc1. The third-order valence-corrected chi connectivity index (χ3v) is 3.42. The van der Waals surface area contributed by atoms with Crippen LogP contribution in [0.3, 0.4) is 0 Å². The number of carboxylic acids is 1. The fourth-order valence-electron chi connectivity index (χ4n) is 2.18. The zero-order chi connectivity index (χ0) is 16.5. The van der Waals surface area contributed by atoms with Crippen molar-refractivity contribution in [1.29, 1.82) is 0 Å². The lowest BCUT2D eigenvalue weighted by Crippen LogP contribution is -2.47. The van der Waals surface area contributed by atoms with Gasteiger partial charge in [-0.1, -0.05) is 60.7 Å². The van der Waals surface area contributed by atoms with Crippen molar-refractivity contribution < 1.29 is 19.7 Å². The highest BCUT2D eigenvalue weighted by molar-refractivity contribution is 5.74. The smallest absolute Gasteiger partial charge is 0.323 e. The number of carboxylic acid groups (broad SMARTS) is 1. The van der Waals surface area contributed by atoms with E-state index in [1.807, 2.05) is 60.7 Å². The standard InChI is InChI=1S/C18H21NO4/c20-16(13-23-12-15-9-5-2-6-10-15)17(18(21)22)19-11-14-7-3-1-4-8-14/h1-10,16-17,19-20H,11-13H2,(H,21,22)/t16-,17+/m1/s1/i16+1,17+1. The molecule has 0 radical (unpaired) electrons. The maximum atomic E-state index is 11.3. The van der Waals surface area contributed by atoms with E-state index in [0.29, 0.717) is 13.2 Å². The van der Waals surface area contributed by atoms with E-state index in [1.165, 1.54) is 0 Å². The Morgan fingerprint density at radius 3 is 2.13 bits per heavy atom. The van der Waals surface area contributed by atoms with E-state index in [-0.39, 0.29) is 6.61 Å². The van der Waals surface area contributed by atoms with Gasteiger partial charge in [0.05, 0.1) is 13.2 Å². The minimum atomic E-state index is -1.13. The number of rotatable bonds is 9. The molecule has 5 heteroatoms. The van der Waals surface area contributed by atoms with Crippen molar-refractivity contribution in [2.24, 2.45) is 0 Å². The molecule has 2 rings (SSSR count). The summed E-state index contributed by atoms with van der Waals surface area (Å²) < 4.78 is 5.41. The number of aliphatic hydroxyl groups excluding tert-OH is 1. The Bertz CT molecular complexity index is 588. The number of nitrogens with one attached hydrogen (secondary N) is 1. The molecule has 2 aromatic rings. The second-order valence-electron chi connectivity index (χ2n) is 5.25. The minimum Gasteiger partial charge on any atom is -0.480 e. The third kappa shape index (κ3) is 5.83. The van der Waals surface area contributed by atoms with Crippen molar-refractivity contribution >= 4 is 5.97 Å². The predicted octanol–water partition coefficient (Wildman–Crippen LogP) is 1.81. The molecule has 0 spiro atoms. The van der Waals surface area contributed by atoms with Crippen LogP contribution in [0.25, 0.3) is 0 Å². The van der Waals surface area contributed by atoms with Crippen LogP contribution in [0.1, 0.15) is 11.1 Å². The monoisotopic (exact) mass is 317 g/mol. The summed E-state index contributed by atoms with van der Waals surface area (Å²) in [6, 6.07) is 17.9. The summed E-state index contributed by atoms with van der Waals surface area (Å²) in [5, 5.41) is 22.2. The number of benzene rings is 2. The van der Waals surface area contributed by atoms with Gasteiger partial charge in [0.2, 0.25) is 0 Å². The molecular formula is C18H21NO4. The predicted molar refractivity (Wildman–Crippen MR) is 86.8 cm³/mol. The molecule has 0 aromatic heterocycles. The summed E-state index contributed by atoms with van der Waals surface area (Å²) in [7, 11) is 0. The van der Waals surface area contributed by atoms with Gasteiger partial charge >= 0.3 is 5.97 Å². The van der Waals surface area contributed by atoms with Crippen LogP contribution in [-0.2, 0) is 22.7 Å². The van der Waals surface area contributed by atoms with E-state index < -0.39 is 18.1 Å². The maximum Gasteiger partial charge on any atom is 0.323 e. The summed E-state index contributed by atoms with van der Waals surface area (Å²) in [5.74, 6) is -1.10. The van der Waals surface area contributed by atoms with E-state index in [9.17, 15) is 15.0 Å². The van der Waals surface area contributed by atoms with Crippen LogP contribution in [0, 0.1) is 0 Å². The third-order valence-electron chi connectivity index (χ3n) is 3.42. The zero-order valence-corrected chi connectivity index (χ0v) is 12.8. The summed E-state index contributed by atoms with van der Waals surface area (Å²) in [6.45, 7) is 0.657. The Hall–Kier alpha value is -2.21. The quantitative estimate of drug-likeness (QED) is 0.615. The van der Waals surface area contributed by atoms with Gasteiger partial charge in [-0.05, 0) is 11.1 Å². The molecule has 5 nitrogen and oxygen atoms in total. The van der Waals surface area contributed by atoms with Gasteiger partial charge in [-0.15, -0.1) is 0 Å². The molecule has 2 aromatic carbocycles. The molecule has 0 amide bonds. The fraction of sp³-hybridized carbons (Fsp3) is 0.278. The normalized spacial score (nSPS) is 13.4. The van der Waals surface area contributed by atoms with Gasteiger partial charge in [0, 0.05) is 6.54 Å². The van der Waals surface area contributed by atoms with Crippen molar-refractivity contribution in [1.82, 2.24) is 5.32 Å². The zero-order valence-electron chi connectivity index (χ0n) is 12.8. The van der Waals surface area contributed by atoms with Crippen molar-refractivity contribution in [3.8, 4) is 0 Å². The average Bonchev–Trinajstić information content (AvgIpc) is 2.56. The number of hydrogen-bond acceptors (Lipinski definition) is 4. The Kier molecular flexibility index (Phi) is 6.75. The molecular weight excluding hydrogens is 296 g/mol. The van der Waals surface area contributed by atoms with Crippen LogP contribution < -0.4 is 5.32 Å². The van der Waals surface area contributed by atoms with E-state index in [2.05, 4.69) is 5.32 Å². The molecule has 23 heavy (non-hydrogen) atoms. The number of aliphatic carboxylic acids is 1. The van der Waals surface area contributed by atoms with E-state index in [4.69, 9.17) is 4.74 Å². The van der Waals surface area contributed by atoms with Crippen molar-refractivity contribution in [2.75, 3.05) is 6.61 Å². The lowest BCUT2D eigenvalue weighted by Gasteiger charge is -2.20. The van der Waals surface area contributed by atoms with Crippen LogP contribution in [0.15, 0.2) is 60.7 Å². The lowest BCUT2D eigenvalue weighted by molar-refractivity contribution is -0.144. The highest BCUT2D eigenvalue weighted by atomic mass is 16.5. The molecule has 2 atom stereocenters. The van der Waals surface area contributed by atoms with Gasteiger partial charge in [-0.2, -0.15) is 0 Å². The second kappa shape index (κ2) is 9.05. The van der Waals surface area contributed by atoms with Gasteiger partial charge < -0.3 is 14.9 Å². The van der Waals surface area contributed by atoms with Gasteiger partial charge in [-0.25, -0.2) is 0 Å². The Morgan fingerprint density at radius 1 is 1.00 bits per heavy atom. The van der Waals surface area contributed by atoms with Gasteiger partial charge in [0.25, 0.3) is 0 Å². The van der Waals surface area contributed by atoms with Crippen LogP contribution >= 0.6 is 0 Å². The number of ether oxygens (including phenoxy) is 1. The minimum absolute atomic E-state index is 0.0480. The lowest BCUT2D eigenvalue weighted by atomic mass is 10.2. The van der Waals surface area contributed by atoms with Crippen LogP contribution in [-0.4, -0.2) is 34.9 Å². The molecule has 0 saturated carbocycles. The van der Waals surface area contributed by atoms with E-state index in [1.54, 1.807) is 0 Å². The van der Waals surface area contributed by atoms with E-state index in [0.717, 1.165) is 11.1 Å². The number of carbonyl (C=O) groups is 1. The van der Waals surface area contributed by atoms with Crippen LogP contribution in [0.5, 0.6) is 0 Å². The Labute approximate surface area is 135 Å². The first-order chi connectivity index (χ1) is 11.2. The molecule has 122 valence electrons. The van der Waals surface area contributed by atoms with Crippen LogP contribution in [0.2, 0.25) is 0 Å². The second-order valence-corrected chi connectivity index (χ2v) is 5.25. The van der Waals surface area contributed by atoms with E-state index >= 15 is 0 Å². The fourth-order valence-corrected chi connectivity index (χ4v) is 2.18. The van der Waals surface area contributed by atoms with Crippen LogP contribution in [0.4, 0.5) is 0 Å². The Morgan fingerprint density at radius 2 is 1.57 bits per heavy atom. The first kappa shape index (κ1) is 17.1. The summed E-state index contributed by atoms with van der Waals surface area (Å²) in [4.78, 5) is 11.3. The Balaban J connectivity index is 1.81. The number of aliphatic hydroxyl groups is 1. The molecule has 0 aliphatic rings. The first-order valence-electron chi connectivity index (χ1n) is 7.46. The highest BCUT2D eigenvalue weighted by Gasteiger charge is 2.26. The highest BCUT2D eigenvalue weighted by Crippen LogP contribution is 2.04.